The van der Waals surface area contributed by atoms with Crippen molar-refractivity contribution in [2.24, 2.45) is 11.8 Å². The standard InChI is InChI=1S/C19H30N2O/c1-4-18(19-9-6-12-21(19)14-22)15(2)10-11-16-7-5-8-17(13-16)20-3/h5,7-8,13-15,18-20H,4,6,9-12H2,1-3H3. The Hall–Kier alpha value is -1.51. The SMILES string of the molecule is CCC(C(C)CCc1cccc(NC)c1)C1CCCN1C=O. The lowest BCUT2D eigenvalue weighted by atomic mass is 9.81. The molecule has 0 spiro atoms. The van der Waals surface area contributed by atoms with E-state index in [2.05, 4.69) is 43.4 Å². The third-order valence-corrected chi connectivity index (χ3v) is 5.28. The molecule has 1 saturated heterocycles. The number of aryl methyl sites for hydroxylation is 1. The first-order valence-corrected chi connectivity index (χ1v) is 8.67. The number of benzene rings is 1. The number of amides is 1. The minimum Gasteiger partial charge on any atom is -0.388 e. The maximum Gasteiger partial charge on any atom is 0.209 e. The van der Waals surface area contributed by atoms with E-state index < -0.39 is 0 Å². The van der Waals surface area contributed by atoms with Gasteiger partial charge in [0.25, 0.3) is 0 Å². The molecule has 0 saturated carbocycles. The van der Waals surface area contributed by atoms with Gasteiger partial charge in [-0.3, -0.25) is 4.79 Å². The van der Waals surface area contributed by atoms with Gasteiger partial charge in [-0.05, 0) is 55.2 Å². The second kappa shape index (κ2) is 8.21. The number of nitrogens with zero attached hydrogens (tertiary/aromatic N) is 1. The summed E-state index contributed by atoms with van der Waals surface area (Å²) >= 11 is 0. The Kier molecular flexibility index (Phi) is 6.29. The number of hydrogen-bond donors (Lipinski definition) is 1. The minimum atomic E-state index is 0.459. The summed E-state index contributed by atoms with van der Waals surface area (Å²) in [6.45, 7) is 5.57. The first kappa shape index (κ1) is 16.9. The predicted molar refractivity (Wildman–Crippen MR) is 93.0 cm³/mol. The molecule has 1 amide bonds. The number of carbonyl (C=O) groups is 1. The molecule has 3 nitrogen and oxygen atoms in total. The molecule has 22 heavy (non-hydrogen) atoms. The number of hydrogen-bond acceptors (Lipinski definition) is 2. The summed E-state index contributed by atoms with van der Waals surface area (Å²) in [7, 11) is 1.96. The highest BCUT2D eigenvalue weighted by Gasteiger charge is 2.32. The summed E-state index contributed by atoms with van der Waals surface area (Å²) in [6, 6.07) is 9.13. The fourth-order valence-electron chi connectivity index (χ4n) is 3.95. The Balaban J connectivity index is 1.94. The Morgan fingerprint density at radius 3 is 2.95 bits per heavy atom. The maximum atomic E-state index is 11.2. The third kappa shape index (κ3) is 4.02. The summed E-state index contributed by atoms with van der Waals surface area (Å²) in [4.78, 5) is 13.3. The van der Waals surface area contributed by atoms with Gasteiger partial charge in [-0.1, -0.05) is 32.4 Å². The second-order valence-electron chi connectivity index (χ2n) is 6.59. The monoisotopic (exact) mass is 302 g/mol. The number of anilines is 1. The average Bonchev–Trinajstić information content (AvgIpc) is 3.02. The highest BCUT2D eigenvalue weighted by Crippen LogP contribution is 2.32. The van der Waals surface area contributed by atoms with E-state index in [0.717, 1.165) is 32.2 Å². The largest absolute Gasteiger partial charge is 0.388 e. The van der Waals surface area contributed by atoms with Crippen LogP contribution < -0.4 is 5.32 Å². The molecule has 1 N–H and O–H groups in total. The van der Waals surface area contributed by atoms with Gasteiger partial charge >= 0.3 is 0 Å². The van der Waals surface area contributed by atoms with Crippen LogP contribution in [0, 0.1) is 11.8 Å². The van der Waals surface area contributed by atoms with Crippen LogP contribution in [0.4, 0.5) is 5.69 Å². The van der Waals surface area contributed by atoms with Crippen molar-refractivity contribution in [1.82, 2.24) is 4.90 Å². The van der Waals surface area contributed by atoms with Gasteiger partial charge < -0.3 is 10.2 Å². The molecule has 1 aromatic carbocycles. The van der Waals surface area contributed by atoms with E-state index in [1.54, 1.807) is 0 Å². The third-order valence-electron chi connectivity index (χ3n) is 5.28. The number of rotatable bonds is 8. The molecule has 3 atom stereocenters. The second-order valence-corrected chi connectivity index (χ2v) is 6.59. The molecular weight excluding hydrogens is 272 g/mol. The van der Waals surface area contributed by atoms with E-state index in [1.165, 1.54) is 24.1 Å². The molecule has 3 heteroatoms. The van der Waals surface area contributed by atoms with E-state index >= 15 is 0 Å². The van der Waals surface area contributed by atoms with Crippen LogP contribution in [0.3, 0.4) is 0 Å². The Morgan fingerprint density at radius 2 is 2.27 bits per heavy atom. The van der Waals surface area contributed by atoms with Crippen molar-refractivity contribution in [3.8, 4) is 0 Å². The number of nitrogens with one attached hydrogen (secondary N) is 1. The molecule has 1 fully saturated rings. The zero-order chi connectivity index (χ0) is 15.9. The Morgan fingerprint density at radius 1 is 1.45 bits per heavy atom. The first-order valence-electron chi connectivity index (χ1n) is 8.67. The summed E-state index contributed by atoms with van der Waals surface area (Å²) in [5.74, 6) is 1.27. The summed E-state index contributed by atoms with van der Waals surface area (Å²) in [5, 5.41) is 3.20. The van der Waals surface area contributed by atoms with Crippen molar-refractivity contribution < 1.29 is 4.79 Å². The van der Waals surface area contributed by atoms with Crippen LogP contribution in [-0.4, -0.2) is 30.9 Å². The van der Waals surface area contributed by atoms with E-state index in [9.17, 15) is 4.79 Å². The quantitative estimate of drug-likeness (QED) is 0.738. The van der Waals surface area contributed by atoms with Crippen molar-refractivity contribution in [3.05, 3.63) is 29.8 Å². The lowest BCUT2D eigenvalue weighted by molar-refractivity contribution is -0.120. The smallest absolute Gasteiger partial charge is 0.209 e. The van der Waals surface area contributed by atoms with Gasteiger partial charge in [0.15, 0.2) is 0 Å². The van der Waals surface area contributed by atoms with E-state index in [1.807, 2.05) is 11.9 Å². The van der Waals surface area contributed by atoms with E-state index in [4.69, 9.17) is 0 Å². The molecular formula is C19H30N2O. The van der Waals surface area contributed by atoms with Crippen LogP contribution in [0.25, 0.3) is 0 Å². The topological polar surface area (TPSA) is 32.3 Å². The highest BCUT2D eigenvalue weighted by molar-refractivity contribution is 5.48. The summed E-state index contributed by atoms with van der Waals surface area (Å²) in [5.41, 5.74) is 2.58. The van der Waals surface area contributed by atoms with Gasteiger partial charge in [-0.25, -0.2) is 0 Å². The molecule has 1 heterocycles. The van der Waals surface area contributed by atoms with Gasteiger partial charge in [0.1, 0.15) is 0 Å². The maximum absolute atomic E-state index is 11.2. The number of carbonyl (C=O) groups excluding carboxylic acids is 1. The van der Waals surface area contributed by atoms with Gasteiger partial charge in [0, 0.05) is 25.3 Å². The molecule has 1 aliphatic heterocycles. The van der Waals surface area contributed by atoms with Gasteiger partial charge in [-0.15, -0.1) is 0 Å². The van der Waals surface area contributed by atoms with Crippen molar-refractivity contribution in [3.63, 3.8) is 0 Å². The molecule has 0 bridgehead atoms. The van der Waals surface area contributed by atoms with Crippen molar-refractivity contribution in [2.45, 2.75) is 52.0 Å². The van der Waals surface area contributed by atoms with Crippen LogP contribution in [0.5, 0.6) is 0 Å². The van der Waals surface area contributed by atoms with Crippen LogP contribution in [-0.2, 0) is 11.2 Å². The van der Waals surface area contributed by atoms with Crippen molar-refractivity contribution >= 4 is 12.1 Å². The summed E-state index contributed by atoms with van der Waals surface area (Å²) in [6.07, 6.45) is 6.86. The molecule has 0 aromatic heterocycles. The molecule has 2 rings (SSSR count). The van der Waals surface area contributed by atoms with Gasteiger partial charge in [0.2, 0.25) is 6.41 Å². The molecule has 122 valence electrons. The minimum absolute atomic E-state index is 0.459. The number of likely N-dealkylation sites (tertiary alicyclic amines) is 1. The van der Waals surface area contributed by atoms with E-state index in [0.29, 0.717) is 17.9 Å². The lowest BCUT2D eigenvalue weighted by Crippen LogP contribution is -2.37. The van der Waals surface area contributed by atoms with Crippen LogP contribution in [0.1, 0.15) is 45.1 Å². The molecule has 1 aromatic rings. The zero-order valence-electron chi connectivity index (χ0n) is 14.2. The van der Waals surface area contributed by atoms with Gasteiger partial charge in [-0.2, -0.15) is 0 Å². The molecule has 1 aliphatic rings. The van der Waals surface area contributed by atoms with Crippen molar-refractivity contribution in [1.29, 1.82) is 0 Å². The molecule has 3 unspecified atom stereocenters. The summed E-state index contributed by atoms with van der Waals surface area (Å²) < 4.78 is 0. The first-order chi connectivity index (χ1) is 10.7. The fraction of sp³-hybridized carbons (Fsp3) is 0.632. The molecule has 0 aliphatic carbocycles. The van der Waals surface area contributed by atoms with Crippen LogP contribution >= 0.6 is 0 Å². The molecule has 0 radical (unpaired) electrons. The highest BCUT2D eigenvalue weighted by atomic mass is 16.1. The van der Waals surface area contributed by atoms with E-state index in [-0.39, 0.29) is 0 Å². The van der Waals surface area contributed by atoms with Gasteiger partial charge in [0.05, 0.1) is 0 Å². The Bertz CT molecular complexity index is 474. The average molecular weight is 302 g/mol. The zero-order valence-corrected chi connectivity index (χ0v) is 14.2. The fourth-order valence-corrected chi connectivity index (χ4v) is 3.95. The van der Waals surface area contributed by atoms with Crippen molar-refractivity contribution in [2.75, 3.05) is 18.9 Å². The van der Waals surface area contributed by atoms with Crippen LogP contribution in [0.2, 0.25) is 0 Å². The normalized spacial score (nSPS) is 20.7. The predicted octanol–water partition coefficient (Wildman–Crippen LogP) is 3.94. The Labute approximate surface area is 135 Å². The lowest BCUT2D eigenvalue weighted by Gasteiger charge is -2.33. The van der Waals surface area contributed by atoms with Crippen LogP contribution in [0.15, 0.2) is 24.3 Å².